The fourth-order valence-electron chi connectivity index (χ4n) is 0.684. The van der Waals surface area contributed by atoms with Crippen LogP contribution in [0, 0.1) is 0 Å². The summed E-state index contributed by atoms with van der Waals surface area (Å²) >= 11 is 0. The summed E-state index contributed by atoms with van der Waals surface area (Å²) in [7, 11) is 1.46. The van der Waals surface area contributed by atoms with Crippen molar-refractivity contribution in [1.29, 1.82) is 0 Å². The van der Waals surface area contributed by atoms with Crippen LogP contribution in [0.15, 0.2) is 6.33 Å². The normalized spacial score (nSPS) is 11.2. The Labute approximate surface area is 82.0 Å². The van der Waals surface area contributed by atoms with Crippen molar-refractivity contribution in [3.05, 3.63) is 6.33 Å². The van der Waals surface area contributed by atoms with Crippen molar-refractivity contribution in [2.75, 3.05) is 11.9 Å². The number of alkyl halides is 3. The maximum Gasteiger partial charge on any atom is 0.422 e. The van der Waals surface area contributed by atoms with E-state index in [0.717, 1.165) is 6.33 Å². The molecule has 0 atom stereocenters. The van der Waals surface area contributed by atoms with E-state index in [1.807, 2.05) is 5.32 Å². The lowest BCUT2D eigenvalue weighted by molar-refractivity contribution is -0.159. The Hall–Kier alpha value is -1.80. The van der Waals surface area contributed by atoms with E-state index in [2.05, 4.69) is 14.8 Å². The molecule has 1 aromatic rings. The number of rotatable bonds is 2. The molecule has 1 aromatic heterocycles. The van der Waals surface area contributed by atoms with Gasteiger partial charge in [-0.3, -0.25) is 5.32 Å². The average Bonchev–Trinajstić information content (AvgIpc) is 2.47. The molecule has 84 valence electrons. The molecule has 0 aromatic carbocycles. The quantitative estimate of drug-likeness (QED) is 0.811. The molecule has 0 saturated heterocycles. The van der Waals surface area contributed by atoms with Crippen LogP contribution in [0.5, 0.6) is 0 Å². The molecular weight excluding hydrogens is 217 g/mol. The lowest BCUT2D eigenvalue weighted by Crippen LogP contribution is -2.24. The first kappa shape index (κ1) is 11.3. The highest BCUT2D eigenvalue weighted by Gasteiger charge is 2.29. The molecule has 1 amide bonds. The summed E-state index contributed by atoms with van der Waals surface area (Å²) < 4.78 is 40.0. The van der Waals surface area contributed by atoms with Gasteiger partial charge in [0, 0.05) is 7.05 Å². The summed E-state index contributed by atoms with van der Waals surface area (Å²) in [6, 6.07) is 0. The first-order valence-electron chi connectivity index (χ1n) is 3.73. The fourth-order valence-corrected chi connectivity index (χ4v) is 0.684. The molecule has 0 aliphatic heterocycles. The highest BCUT2D eigenvalue weighted by atomic mass is 19.4. The highest BCUT2D eigenvalue weighted by molar-refractivity contribution is 5.82. The number of aryl methyl sites for hydroxylation is 1. The van der Waals surface area contributed by atoms with Crippen molar-refractivity contribution >= 4 is 12.0 Å². The third kappa shape index (κ3) is 3.83. The Kier molecular flexibility index (Phi) is 3.12. The van der Waals surface area contributed by atoms with Crippen molar-refractivity contribution < 1.29 is 22.7 Å². The van der Waals surface area contributed by atoms with Gasteiger partial charge in [-0.15, -0.1) is 0 Å². The van der Waals surface area contributed by atoms with E-state index in [0.29, 0.717) is 0 Å². The first-order valence-corrected chi connectivity index (χ1v) is 3.73. The third-order valence-corrected chi connectivity index (χ3v) is 1.29. The molecular formula is C6H7F3N4O2. The molecule has 0 aliphatic carbocycles. The highest BCUT2D eigenvalue weighted by Crippen LogP contribution is 2.14. The van der Waals surface area contributed by atoms with Crippen molar-refractivity contribution in [3.8, 4) is 0 Å². The zero-order valence-corrected chi connectivity index (χ0v) is 7.58. The Bertz CT molecular complexity index is 348. The number of nitrogens with one attached hydrogen (secondary N) is 1. The van der Waals surface area contributed by atoms with E-state index < -0.39 is 18.9 Å². The second-order valence-corrected chi connectivity index (χ2v) is 2.52. The van der Waals surface area contributed by atoms with E-state index in [4.69, 9.17) is 0 Å². The number of halogens is 3. The molecule has 0 bridgehead atoms. The van der Waals surface area contributed by atoms with Gasteiger partial charge < -0.3 is 4.74 Å². The first-order chi connectivity index (χ1) is 6.88. The predicted octanol–water partition coefficient (Wildman–Crippen LogP) is 0.926. The zero-order chi connectivity index (χ0) is 11.5. The summed E-state index contributed by atoms with van der Waals surface area (Å²) in [6.07, 6.45) is -4.64. The van der Waals surface area contributed by atoms with Gasteiger partial charge in [0.05, 0.1) is 0 Å². The van der Waals surface area contributed by atoms with Crippen LogP contribution < -0.4 is 5.32 Å². The summed E-state index contributed by atoms with van der Waals surface area (Å²) in [5.74, 6) is 0.00201. The van der Waals surface area contributed by atoms with Gasteiger partial charge in [-0.2, -0.15) is 23.3 Å². The molecule has 15 heavy (non-hydrogen) atoms. The lowest BCUT2D eigenvalue weighted by atomic mass is 10.7. The second kappa shape index (κ2) is 4.15. The lowest BCUT2D eigenvalue weighted by Gasteiger charge is -2.07. The van der Waals surface area contributed by atoms with Gasteiger partial charge in [-0.25, -0.2) is 9.48 Å². The van der Waals surface area contributed by atoms with Crippen LogP contribution in [0.1, 0.15) is 0 Å². The Morgan fingerprint density at radius 2 is 2.33 bits per heavy atom. The number of aromatic nitrogens is 3. The maximum atomic E-state index is 11.6. The molecule has 0 unspecified atom stereocenters. The monoisotopic (exact) mass is 224 g/mol. The van der Waals surface area contributed by atoms with Crippen LogP contribution in [0.2, 0.25) is 0 Å². The van der Waals surface area contributed by atoms with E-state index in [1.165, 1.54) is 11.7 Å². The van der Waals surface area contributed by atoms with Crippen LogP contribution in [-0.2, 0) is 11.8 Å². The Morgan fingerprint density at radius 3 is 2.80 bits per heavy atom. The predicted molar refractivity (Wildman–Crippen MR) is 42.0 cm³/mol. The van der Waals surface area contributed by atoms with Gasteiger partial charge in [0.25, 0.3) is 0 Å². The maximum absolute atomic E-state index is 11.6. The average molecular weight is 224 g/mol. The van der Waals surface area contributed by atoms with Gasteiger partial charge in [0.15, 0.2) is 6.61 Å². The van der Waals surface area contributed by atoms with Crippen molar-refractivity contribution in [2.24, 2.45) is 7.05 Å². The van der Waals surface area contributed by atoms with E-state index in [1.54, 1.807) is 0 Å². The van der Waals surface area contributed by atoms with Crippen LogP contribution in [0.4, 0.5) is 23.9 Å². The minimum Gasteiger partial charge on any atom is -0.440 e. The second-order valence-electron chi connectivity index (χ2n) is 2.52. The van der Waals surface area contributed by atoms with E-state index >= 15 is 0 Å². The van der Waals surface area contributed by atoms with E-state index in [-0.39, 0.29) is 5.95 Å². The number of amides is 1. The Balaban J connectivity index is 2.41. The van der Waals surface area contributed by atoms with Crippen molar-refractivity contribution in [3.63, 3.8) is 0 Å². The van der Waals surface area contributed by atoms with Gasteiger partial charge in [-0.1, -0.05) is 0 Å². The minimum absolute atomic E-state index is 0.00201. The summed E-state index contributed by atoms with van der Waals surface area (Å²) in [6.45, 7) is -1.64. The minimum atomic E-state index is -4.54. The van der Waals surface area contributed by atoms with Crippen LogP contribution in [-0.4, -0.2) is 33.6 Å². The summed E-state index contributed by atoms with van der Waals surface area (Å²) in [5, 5.41) is 5.58. The number of hydrogen-bond acceptors (Lipinski definition) is 4. The Morgan fingerprint density at radius 1 is 1.67 bits per heavy atom. The number of carbonyl (C=O) groups is 1. The van der Waals surface area contributed by atoms with Crippen LogP contribution >= 0.6 is 0 Å². The smallest absolute Gasteiger partial charge is 0.422 e. The van der Waals surface area contributed by atoms with Gasteiger partial charge in [0.2, 0.25) is 5.95 Å². The van der Waals surface area contributed by atoms with Crippen molar-refractivity contribution in [2.45, 2.75) is 6.18 Å². The number of carbonyl (C=O) groups excluding carboxylic acids is 1. The molecule has 1 rings (SSSR count). The fraction of sp³-hybridized carbons (Fsp3) is 0.500. The molecule has 6 nitrogen and oxygen atoms in total. The van der Waals surface area contributed by atoms with E-state index in [9.17, 15) is 18.0 Å². The largest absolute Gasteiger partial charge is 0.440 e. The zero-order valence-electron chi connectivity index (χ0n) is 7.58. The molecule has 1 heterocycles. The third-order valence-electron chi connectivity index (χ3n) is 1.29. The number of ether oxygens (including phenoxy) is 1. The molecule has 9 heteroatoms. The van der Waals surface area contributed by atoms with Crippen LogP contribution in [0.25, 0.3) is 0 Å². The molecule has 1 N–H and O–H groups in total. The molecule has 0 aliphatic rings. The number of nitrogens with zero attached hydrogens (tertiary/aromatic N) is 3. The van der Waals surface area contributed by atoms with Gasteiger partial charge in [0.1, 0.15) is 6.33 Å². The topological polar surface area (TPSA) is 69.0 Å². The van der Waals surface area contributed by atoms with Crippen molar-refractivity contribution in [1.82, 2.24) is 14.8 Å². The summed E-state index contributed by atoms with van der Waals surface area (Å²) in [4.78, 5) is 14.4. The number of anilines is 1. The number of hydrogen-bond donors (Lipinski definition) is 1. The molecule has 0 saturated carbocycles. The molecule has 0 fully saturated rings. The van der Waals surface area contributed by atoms with Gasteiger partial charge >= 0.3 is 12.3 Å². The van der Waals surface area contributed by atoms with Crippen LogP contribution in [0.3, 0.4) is 0 Å². The standard InChI is InChI=1S/C6H7F3N4O2/c1-13-4(10-3-11-13)12-5(14)15-2-6(7,8)9/h3H,2H2,1H3,(H,10,11,12,14). The van der Waals surface area contributed by atoms with Gasteiger partial charge in [-0.05, 0) is 0 Å². The molecule has 0 spiro atoms. The molecule has 0 radical (unpaired) electrons. The SMILES string of the molecule is Cn1ncnc1NC(=O)OCC(F)(F)F. The summed E-state index contributed by atoms with van der Waals surface area (Å²) in [5.41, 5.74) is 0.